The predicted octanol–water partition coefficient (Wildman–Crippen LogP) is 3.90. The summed E-state index contributed by atoms with van der Waals surface area (Å²) >= 11 is 5.15. The number of benzene rings is 1. The SMILES string of the molecule is Cc1ccc(CN(Cc2cccs2)C(N)=O)c(Br)c1. The highest BCUT2D eigenvalue weighted by Gasteiger charge is 2.13. The number of amides is 2. The van der Waals surface area contributed by atoms with Crippen molar-refractivity contribution in [3.8, 4) is 0 Å². The zero-order valence-electron chi connectivity index (χ0n) is 10.6. The molecule has 0 unspecified atom stereocenters. The fraction of sp³-hybridized carbons (Fsp3) is 0.214. The van der Waals surface area contributed by atoms with Crippen molar-refractivity contribution in [1.82, 2.24) is 4.90 Å². The minimum absolute atomic E-state index is 0.402. The number of urea groups is 1. The van der Waals surface area contributed by atoms with Crippen molar-refractivity contribution in [3.05, 3.63) is 56.2 Å². The molecule has 0 bridgehead atoms. The predicted molar refractivity (Wildman–Crippen MR) is 82.0 cm³/mol. The van der Waals surface area contributed by atoms with Crippen LogP contribution in [0, 0.1) is 6.92 Å². The Bertz CT molecular complexity index is 569. The molecule has 19 heavy (non-hydrogen) atoms. The maximum absolute atomic E-state index is 11.5. The van der Waals surface area contributed by atoms with Gasteiger partial charge in [-0.05, 0) is 35.6 Å². The Labute approximate surface area is 125 Å². The van der Waals surface area contributed by atoms with Crippen LogP contribution in [-0.2, 0) is 13.1 Å². The monoisotopic (exact) mass is 338 g/mol. The van der Waals surface area contributed by atoms with Gasteiger partial charge < -0.3 is 10.6 Å². The second kappa shape index (κ2) is 6.21. The molecule has 0 saturated carbocycles. The van der Waals surface area contributed by atoms with Crippen LogP contribution < -0.4 is 5.73 Å². The average molecular weight is 339 g/mol. The van der Waals surface area contributed by atoms with Crippen molar-refractivity contribution < 1.29 is 4.79 Å². The van der Waals surface area contributed by atoms with E-state index in [-0.39, 0.29) is 0 Å². The number of rotatable bonds is 4. The number of hydrogen-bond donors (Lipinski definition) is 1. The molecule has 0 fully saturated rings. The van der Waals surface area contributed by atoms with Crippen LogP contribution in [0.15, 0.2) is 40.2 Å². The van der Waals surface area contributed by atoms with E-state index in [1.165, 1.54) is 5.56 Å². The fourth-order valence-electron chi connectivity index (χ4n) is 1.79. The maximum atomic E-state index is 11.5. The van der Waals surface area contributed by atoms with Crippen LogP contribution in [0.4, 0.5) is 4.79 Å². The van der Waals surface area contributed by atoms with Crippen molar-refractivity contribution in [2.45, 2.75) is 20.0 Å². The third-order valence-corrected chi connectivity index (χ3v) is 4.41. The highest BCUT2D eigenvalue weighted by Crippen LogP contribution is 2.21. The van der Waals surface area contributed by atoms with Gasteiger partial charge in [-0.15, -0.1) is 11.3 Å². The molecule has 3 nitrogen and oxygen atoms in total. The molecular formula is C14H15BrN2OS. The van der Waals surface area contributed by atoms with Crippen LogP contribution in [0.3, 0.4) is 0 Å². The molecule has 2 N–H and O–H groups in total. The summed E-state index contributed by atoms with van der Waals surface area (Å²) in [5, 5.41) is 2.00. The van der Waals surface area contributed by atoms with Gasteiger partial charge in [0, 0.05) is 15.9 Å². The lowest BCUT2D eigenvalue weighted by Gasteiger charge is -2.20. The zero-order valence-corrected chi connectivity index (χ0v) is 13.0. The number of carbonyl (C=O) groups excluding carboxylic acids is 1. The van der Waals surface area contributed by atoms with Gasteiger partial charge in [0.15, 0.2) is 0 Å². The molecule has 5 heteroatoms. The number of carbonyl (C=O) groups is 1. The van der Waals surface area contributed by atoms with Gasteiger partial charge in [-0.25, -0.2) is 4.79 Å². The third kappa shape index (κ3) is 3.81. The topological polar surface area (TPSA) is 46.3 Å². The van der Waals surface area contributed by atoms with Crippen LogP contribution in [-0.4, -0.2) is 10.9 Å². The number of thiophene rings is 1. The standard InChI is InChI=1S/C14H15BrN2OS/c1-10-4-5-11(13(15)7-10)8-17(14(16)18)9-12-3-2-6-19-12/h2-7H,8-9H2,1H3,(H2,16,18). The summed E-state index contributed by atoms with van der Waals surface area (Å²) in [5.74, 6) is 0. The van der Waals surface area contributed by atoms with Gasteiger partial charge in [0.25, 0.3) is 0 Å². The Morgan fingerprint density at radius 2 is 2.16 bits per heavy atom. The van der Waals surface area contributed by atoms with E-state index in [9.17, 15) is 4.79 Å². The van der Waals surface area contributed by atoms with E-state index in [0.29, 0.717) is 13.1 Å². The highest BCUT2D eigenvalue weighted by molar-refractivity contribution is 9.10. The number of hydrogen-bond acceptors (Lipinski definition) is 2. The molecule has 1 aromatic heterocycles. The Morgan fingerprint density at radius 1 is 1.37 bits per heavy atom. The largest absolute Gasteiger partial charge is 0.351 e. The summed E-state index contributed by atoms with van der Waals surface area (Å²) in [6.07, 6.45) is 0. The zero-order chi connectivity index (χ0) is 13.8. The molecule has 0 aliphatic carbocycles. The van der Waals surface area contributed by atoms with Crippen molar-refractivity contribution in [3.63, 3.8) is 0 Å². The molecule has 100 valence electrons. The van der Waals surface area contributed by atoms with Gasteiger partial charge in [0.2, 0.25) is 0 Å². The molecule has 2 amide bonds. The Hall–Kier alpha value is -1.33. The van der Waals surface area contributed by atoms with Crippen molar-refractivity contribution in [2.75, 3.05) is 0 Å². The normalized spacial score (nSPS) is 10.4. The van der Waals surface area contributed by atoms with Gasteiger partial charge >= 0.3 is 6.03 Å². The molecule has 0 saturated heterocycles. The van der Waals surface area contributed by atoms with Gasteiger partial charge in [-0.2, -0.15) is 0 Å². The third-order valence-electron chi connectivity index (χ3n) is 2.81. The maximum Gasteiger partial charge on any atom is 0.315 e. The first-order valence-electron chi connectivity index (χ1n) is 5.88. The number of halogens is 1. The first-order chi connectivity index (χ1) is 9.06. The van der Waals surface area contributed by atoms with E-state index >= 15 is 0 Å². The van der Waals surface area contributed by atoms with Gasteiger partial charge in [0.1, 0.15) is 0 Å². The second-order valence-corrected chi connectivity index (χ2v) is 6.26. The molecule has 0 radical (unpaired) electrons. The summed E-state index contributed by atoms with van der Waals surface area (Å²) in [6.45, 7) is 3.09. The Kier molecular flexibility index (Phi) is 4.61. The van der Waals surface area contributed by atoms with Crippen LogP contribution in [0.5, 0.6) is 0 Å². The lowest BCUT2D eigenvalue weighted by atomic mass is 10.1. The van der Waals surface area contributed by atoms with Gasteiger partial charge in [0.05, 0.1) is 6.54 Å². The average Bonchev–Trinajstić information content (AvgIpc) is 2.84. The van der Waals surface area contributed by atoms with E-state index < -0.39 is 6.03 Å². The summed E-state index contributed by atoms with van der Waals surface area (Å²) in [6, 6.07) is 9.67. The van der Waals surface area contributed by atoms with Crippen LogP contribution >= 0.6 is 27.3 Å². The first kappa shape index (κ1) is 14.1. The van der Waals surface area contributed by atoms with E-state index in [4.69, 9.17) is 5.73 Å². The number of aryl methyl sites for hydroxylation is 1. The smallest absolute Gasteiger partial charge is 0.315 e. The quantitative estimate of drug-likeness (QED) is 0.902. The molecule has 2 aromatic rings. The van der Waals surface area contributed by atoms with Crippen molar-refractivity contribution in [2.24, 2.45) is 5.73 Å². The van der Waals surface area contributed by atoms with Crippen LogP contribution in [0.2, 0.25) is 0 Å². The van der Waals surface area contributed by atoms with E-state index in [1.807, 2.05) is 42.6 Å². The minimum atomic E-state index is -0.402. The Balaban J connectivity index is 2.14. The molecule has 0 spiro atoms. The molecule has 1 aromatic carbocycles. The molecule has 1 heterocycles. The van der Waals surface area contributed by atoms with Gasteiger partial charge in [-0.1, -0.05) is 34.1 Å². The van der Waals surface area contributed by atoms with Gasteiger partial charge in [-0.3, -0.25) is 0 Å². The number of nitrogens with two attached hydrogens (primary N) is 1. The second-order valence-electron chi connectivity index (χ2n) is 4.37. The minimum Gasteiger partial charge on any atom is -0.351 e. The van der Waals surface area contributed by atoms with Crippen molar-refractivity contribution >= 4 is 33.3 Å². The molecule has 2 rings (SSSR count). The van der Waals surface area contributed by atoms with Crippen molar-refractivity contribution in [1.29, 1.82) is 0 Å². The number of primary amides is 1. The fourth-order valence-corrected chi connectivity index (χ4v) is 3.13. The molecule has 0 aliphatic heterocycles. The first-order valence-corrected chi connectivity index (χ1v) is 7.55. The van der Waals surface area contributed by atoms with Crippen LogP contribution in [0.1, 0.15) is 16.0 Å². The summed E-state index contributed by atoms with van der Waals surface area (Å²) in [7, 11) is 0. The lowest BCUT2D eigenvalue weighted by Crippen LogP contribution is -2.34. The number of nitrogens with zero attached hydrogens (tertiary/aromatic N) is 1. The molecule has 0 aliphatic rings. The molecule has 0 atom stereocenters. The van der Waals surface area contributed by atoms with E-state index in [1.54, 1.807) is 16.2 Å². The van der Waals surface area contributed by atoms with E-state index in [2.05, 4.69) is 15.9 Å². The summed E-state index contributed by atoms with van der Waals surface area (Å²) < 4.78 is 1.00. The van der Waals surface area contributed by atoms with Crippen LogP contribution in [0.25, 0.3) is 0 Å². The van der Waals surface area contributed by atoms with E-state index in [0.717, 1.165) is 14.9 Å². The molecular weight excluding hydrogens is 324 g/mol. The Morgan fingerprint density at radius 3 is 2.74 bits per heavy atom. The highest BCUT2D eigenvalue weighted by atomic mass is 79.9. The lowest BCUT2D eigenvalue weighted by molar-refractivity contribution is 0.202. The summed E-state index contributed by atoms with van der Waals surface area (Å²) in [4.78, 5) is 14.3. The summed E-state index contributed by atoms with van der Waals surface area (Å²) in [5.41, 5.74) is 7.69.